The molecule has 1 aromatic rings. The standard InChI is InChI=1S/C11H13Br2NO/c1-11(2,3)9(15)8(12)7-5-4-6-14-10(7)13/h4-6,8H,1-3H3. The molecule has 0 radical (unpaired) electrons. The minimum Gasteiger partial charge on any atom is -0.297 e. The highest BCUT2D eigenvalue weighted by Crippen LogP contribution is 2.34. The Kier molecular flexibility index (Phi) is 4.06. The van der Waals surface area contributed by atoms with E-state index in [9.17, 15) is 4.79 Å². The lowest BCUT2D eigenvalue weighted by molar-refractivity contribution is -0.125. The highest BCUT2D eigenvalue weighted by Gasteiger charge is 2.30. The molecular formula is C11H13Br2NO. The Hall–Kier alpha value is -0.220. The number of rotatable bonds is 2. The molecule has 0 fully saturated rings. The van der Waals surface area contributed by atoms with Gasteiger partial charge in [-0.05, 0) is 22.0 Å². The molecule has 15 heavy (non-hydrogen) atoms. The largest absolute Gasteiger partial charge is 0.297 e. The van der Waals surface area contributed by atoms with Crippen LogP contribution in [0.25, 0.3) is 0 Å². The van der Waals surface area contributed by atoms with Crippen molar-refractivity contribution in [3.05, 3.63) is 28.5 Å². The van der Waals surface area contributed by atoms with E-state index in [1.165, 1.54) is 0 Å². The Bertz CT molecular complexity index is 371. The van der Waals surface area contributed by atoms with Crippen LogP contribution in [0.4, 0.5) is 0 Å². The van der Waals surface area contributed by atoms with Gasteiger partial charge in [-0.2, -0.15) is 0 Å². The second-order valence-corrected chi connectivity index (χ2v) is 6.03. The Morgan fingerprint density at radius 1 is 1.47 bits per heavy atom. The molecule has 0 amide bonds. The molecule has 0 aliphatic carbocycles. The van der Waals surface area contributed by atoms with E-state index >= 15 is 0 Å². The molecule has 4 heteroatoms. The smallest absolute Gasteiger partial charge is 0.156 e. The summed E-state index contributed by atoms with van der Waals surface area (Å²) in [4.78, 5) is 15.8. The van der Waals surface area contributed by atoms with Gasteiger partial charge in [-0.15, -0.1) is 0 Å². The summed E-state index contributed by atoms with van der Waals surface area (Å²) in [6.45, 7) is 5.73. The molecule has 82 valence electrons. The quantitative estimate of drug-likeness (QED) is 0.606. The Balaban J connectivity index is 3.01. The van der Waals surface area contributed by atoms with Crippen molar-refractivity contribution in [1.82, 2.24) is 4.98 Å². The van der Waals surface area contributed by atoms with Crippen molar-refractivity contribution in [2.45, 2.75) is 25.6 Å². The summed E-state index contributed by atoms with van der Waals surface area (Å²) in [5.74, 6) is 0.149. The third kappa shape index (κ3) is 3.11. The van der Waals surface area contributed by atoms with Crippen molar-refractivity contribution in [1.29, 1.82) is 0 Å². The van der Waals surface area contributed by atoms with E-state index in [1.54, 1.807) is 6.20 Å². The topological polar surface area (TPSA) is 30.0 Å². The molecule has 0 spiro atoms. The zero-order valence-corrected chi connectivity index (χ0v) is 12.1. The normalized spacial score (nSPS) is 13.7. The first-order chi connectivity index (χ1) is 6.84. The monoisotopic (exact) mass is 333 g/mol. The number of nitrogens with zero attached hydrogens (tertiary/aromatic N) is 1. The van der Waals surface area contributed by atoms with Crippen molar-refractivity contribution in [2.24, 2.45) is 5.41 Å². The predicted molar refractivity (Wildman–Crippen MR) is 68.1 cm³/mol. The summed E-state index contributed by atoms with van der Waals surface area (Å²) in [6.07, 6.45) is 1.69. The van der Waals surface area contributed by atoms with Crippen molar-refractivity contribution >= 4 is 37.6 Å². The van der Waals surface area contributed by atoms with Crippen LogP contribution in [0.3, 0.4) is 0 Å². The maximum absolute atomic E-state index is 12.0. The first-order valence-electron chi connectivity index (χ1n) is 4.63. The molecule has 0 bridgehead atoms. The summed E-state index contributed by atoms with van der Waals surface area (Å²) in [5, 5.41) is 0. The lowest BCUT2D eigenvalue weighted by Gasteiger charge is -2.21. The summed E-state index contributed by atoms with van der Waals surface area (Å²) in [5.41, 5.74) is 0.515. The van der Waals surface area contributed by atoms with E-state index in [4.69, 9.17) is 0 Å². The number of hydrogen-bond donors (Lipinski definition) is 0. The van der Waals surface area contributed by atoms with E-state index < -0.39 is 0 Å². The van der Waals surface area contributed by atoms with E-state index in [2.05, 4.69) is 36.8 Å². The number of alkyl halides is 1. The van der Waals surface area contributed by atoms with Crippen LogP contribution in [0.2, 0.25) is 0 Å². The van der Waals surface area contributed by atoms with Crippen molar-refractivity contribution in [3.8, 4) is 0 Å². The molecule has 1 atom stereocenters. The first kappa shape index (κ1) is 12.8. The van der Waals surface area contributed by atoms with Gasteiger partial charge in [0.25, 0.3) is 0 Å². The summed E-state index contributed by atoms with van der Waals surface area (Å²) in [7, 11) is 0. The van der Waals surface area contributed by atoms with Crippen LogP contribution >= 0.6 is 31.9 Å². The molecular weight excluding hydrogens is 322 g/mol. The van der Waals surface area contributed by atoms with Crippen molar-refractivity contribution < 1.29 is 4.79 Å². The lowest BCUT2D eigenvalue weighted by atomic mass is 9.87. The van der Waals surface area contributed by atoms with Crippen LogP contribution < -0.4 is 0 Å². The number of carbonyl (C=O) groups is 1. The highest BCUT2D eigenvalue weighted by molar-refractivity contribution is 9.11. The molecule has 0 aliphatic heterocycles. The minimum absolute atomic E-state index is 0.149. The number of halogens is 2. The van der Waals surface area contributed by atoms with Gasteiger partial charge in [0.1, 0.15) is 9.43 Å². The second-order valence-electron chi connectivity index (χ2n) is 4.36. The Morgan fingerprint density at radius 2 is 2.07 bits per heavy atom. The average molecular weight is 335 g/mol. The number of ketones is 1. The number of carbonyl (C=O) groups excluding carboxylic acids is 1. The summed E-state index contributed by atoms with van der Waals surface area (Å²) >= 11 is 6.76. The van der Waals surface area contributed by atoms with Gasteiger partial charge in [0.2, 0.25) is 0 Å². The van der Waals surface area contributed by atoms with Gasteiger partial charge in [-0.25, -0.2) is 4.98 Å². The average Bonchev–Trinajstić information content (AvgIpc) is 2.15. The molecule has 1 heterocycles. The molecule has 1 rings (SSSR count). The zero-order valence-electron chi connectivity index (χ0n) is 8.92. The van der Waals surface area contributed by atoms with E-state index in [1.807, 2.05) is 32.9 Å². The van der Waals surface area contributed by atoms with Gasteiger partial charge in [0.05, 0.1) is 0 Å². The van der Waals surface area contributed by atoms with Crippen LogP contribution in [0, 0.1) is 5.41 Å². The molecule has 1 unspecified atom stereocenters. The van der Waals surface area contributed by atoms with Crippen LogP contribution in [0.15, 0.2) is 22.9 Å². The fourth-order valence-corrected chi connectivity index (χ4v) is 2.95. The molecule has 0 saturated heterocycles. The Labute approximate surface area is 107 Å². The van der Waals surface area contributed by atoms with Gasteiger partial charge in [0.15, 0.2) is 5.78 Å². The molecule has 1 aromatic heterocycles. The third-order valence-corrected chi connectivity index (χ3v) is 3.60. The SMILES string of the molecule is CC(C)(C)C(=O)C(Br)c1cccnc1Br. The molecule has 2 nitrogen and oxygen atoms in total. The maximum Gasteiger partial charge on any atom is 0.156 e. The number of pyridine rings is 1. The predicted octanol–water partition coefficient (Wildman–Crippen LogP) is 3.90. The zero-order chi connectivity index (χ0) is 11.6. The molecule has 0 N–H and O–H groups in total. The first-order valence-corrected chi connectivity index (χ1v) is 6.33. The minimum atomic E-state index is -0.358. The van der Waals surface area contributed by atoms with Crippen LogP contribution in [0.1, 0.15) is 31.2 Å². The Morgan fingerprint density at radius 3 is 2.53 bits per heavy atom. The van der Waals surface area contributed by atoms with E-state index in [-0.39, 0.29) is 16.0 Å². The van der Waals surface area contributed by atoms with Crippen LogP contribution in [-0.2, 0) is 4.79 Å². The highest BCUT2D eigenvalue weighted by atomic mass is 79.9. The maximum atomic E-state index is 12.0. The lowest BCUT2D eigenvalue weighted by Crippen LogP contribution is -2.24. The van der Waals surface area contributed by atoms with Gasteiger partial charge in [0, 0.05) is 17.2 Å². The number of Topliss-reactive ketones (excluding diaryl/α,β-unsaturated/α-hetero) is 1. The van der Waals surface area contributed by atoms with Crippen LogP contribution in [0.5, 0.6) is 0 Å². The summed E-state index contributed by atoms with van der Waals surface area (Å²) in [6, 6.07) is 3.71. The second kappa shape index (κ2) is 4.74. The number of hydrogen-bond acceptors (Lipinski definition) is 2. The fraction of sp³-hybridized carbons (Fsp3) is 0.455. The van der Waals surface area contributed by atoms with Gasteiger partial charge in [-0.3, -0.25) is 4.79 Å². The molecule has 0 aromatic carbocycles. The van der Waals surface area contributed by atoms with Gasteiger partial charge < -0.3 is 0 Å². The fourth-order valence-electron chi connectivity index (χ4n) is 1.11. The van der Waals surface area contributed by atoms with E-state index in [0.29, 0.717) is 4.60 Å². The van der Waals surface area contributed by atoms with E-state index in [0.717, 1.165) is 5.56 Å². The third-order valence-electron chi connectivity index (χ3n) is 2.03. The van der Waals surface area contributed by atoms with Crippen molar-refractivity contribution in [3.63, 3.8) is 0 Å². The molecule has 0 aliphatic rings. The number of aromatic nitrogens is 1. The van der Waals surface area contributed by atoms with Crippen LogP contribution in [-0.4, -0.2) is 10.8 Å². The van der Waals surface area contributed by atoms with Gasteiger partial charge in [-0.1, -0.05) is 42.8 Å². The van der Waals surface area contributed by atoms with Gasteiger partial charge >= 0.3 is 0 Å². The summed E-state index contributed by atoms with van der Waals surface area (Å²) < 4.78 is 0.712. The molecule has 0 saturated carbocycles. The van der Waals surface area contributed by atoms with Crippen molar-refractivity contribution in [2.75, 3.05) is 0 Å².